The van der Waals surface area contributed by atoms with E-state index in [9.17, 15) is 4.79 Å². The Morgan fingerprint density at radius 2 is 2.33 bits per heavy atom. The van der Waals surface area contributed by atoms with Crippen molar-refractivity contribution >= 4 is 30.3 Å². The lowest BCUT2D eigenvalue weighted by molar-refractivity contribution is -0.142. The van der Waals surface area contributed by atoms with E-state index in [0.29, 0.717) is 13.0 Å². The smallest absolute Gasteiger partial charge is 0.308 e. The van der Waals surface area contributed by atoms with Crippen molar-refractivity contribution in [2.45, 2.75) is 12.8 Å². The molecule has 0 saturated carbocycles. The number of nitrogens with one attached hydrogen (secondary N) is 1. The van der Waals surface area contributed by atoms with E-state index < -0.39 is 5.97 Å². The largest absolute Gasteiger partial charge is 0.481 e. The molecule has 2 N–H and O–H groups in total. The van der Waals surface area contributed by atoms with Crippen LogP contribution in [0.2, 0.25) is 0 Å². The van der Waals surface area contributed by atoms with Gasteiger partial charge in [0.2, 0.25) is 0 Å². The van der Waals surface area contributed by atoms with Gasteiger partial charge in [0.25, 0.3) is 0 Å². The van der Waals surface area contributed by atoms with Crippen molar-refractivity contribution < 1.29 is 9.90 Å². The number of hydrogen-bond donors (Lipinski definition) is 2. The Labute approximate surface area is 111 Å². The first-order valence-corrected chi connectivity index (χ1v) is 5.74. The number of hydrogen-bond acceptors (Lipinski definition) is 4. The van der Waals surface area contributed by atoms with Gasteiger partial charge >= 0.3 is 5.97 Å². The molecule has 0 aromatic heterocycles. The second kappa shape index (κ2) is 4.94. The summed E-state index contributed by atoms with van der Waals surface area (Å²) in [5.41, 5.74) is 3.00. The second-order valence-corrected chi connectivity index (χ2v) is 4.54. The van der Waals surface area contributed by atoms with Gasteiger partial charge in [-0.05, 0) is 18.9 Å². The average molecular weight is 268 g/mol. The lowest BCUT2D eigenvalue weighted by Crippen LogP contribution is -2.39. The van der Waals surface area contributed by atoms with E-state index in [4.69, 9.17) is 5.11 Å². The summed E-state index contributed by atoms with van der Waals surface area (Å²) in [6, 6.07) is 0. The van der Waals surface area contributed by atoms with E-state index in [2.05, 4.69) is 21.6 Å². The molecule has 0 amide bonds. The summed E-state index contributed by atoms with van der Waals surface area (Å²) >= 11 is 0. The van der Waals surface area contributed by atoms with Crippen molar-refractivity contribution in [2.75, 3.05) is 6.54 Å². The molecule has 6 heteroatoms. The van der Waals surface area contributed by atoms with Gasteiger partial charge in [-0.1, -0.05) is 6.08 Å². The molecule has 0 spiro atoms. The Kier molecular flexibility index (Phi) is 3.52. The number of allylic oxidation sites excluding steroid dienone is 4. The van der Waals surface area contributed by atoms with Crippen LogP contribution in [0.25, 0.3) is 0 Å². The van der Waals surface area contributed by atoms with Crippen LogP contribution in [0.15, 0.2) is 33.6 Å². The van der Waals surface area contributed by atoms with Gasteiger partial charge in [0.15, 0.2) is 0 Å². The molecule has 2 heterocycles. The molecule has 0 radical (unpaired) electrons. The highest BCUT2D eigenvalue weighted by Gasteiger charge is 2.33. The normalized spacial score (nSPS) is 28.6. The molecule has 0 aromatic carbocycles. The number of rotatable bonds is 1. The lowest BCUT2D eigenvalue weighted by Gasteiger charge is -2.30. The van der Waals surface area contributed by atoms with Gasteiger partial charge in [0.05, 0.1) is 17.8 Å². The molecule has 3 aliphatic rings. The Bertz CT molecular complexity index is 494. The third-order valence-corrected chi connectivity index (χ3v) is 3.48. The first-order chi connectivity index (χ1) is 8.25. The molecule has 5 nitrogen and oxygen atoms in total. The van der Waals surface area contributed by atoms with Crippen LogP contribution in [0, 0.1) is 11.8 Å². The van der Waals surface area contributed by atoms with Gasteiger partial charge in [0, 0.05) is 23.7 Å². The molecule has 0 aromatic rings. The topological polar surface area (TPSA) is 74.0 Å². The minimum absolute atomic E-state index is 0. The molecule has 96 valence electrons. The quantitative estimate of drug-likeness (QED) is 0.754. The standard InChI is InChI=1S/C12H13N3O2.ClH/c16-12(17)8-4-7-2-1-3-10-9(6-14-15-10)11(7)13-5-8;/h1,3,6-8,13H,2,4-5H2,(H,16,17);1H. The van der Waals surface area contributed by atoms with E-state index in [1.165, 1.54) is 0 Å². The number of carboxylic acids is 1. The van der Waals surface area contributed by atoms with Crippen LogP contribution in [-0.4, -0.2) is 29.5 Å². The van der Waals surface area contributed by atoms with Crippen LogP contribution in [-0.2, 0) is 4.79 Å². The molecule has 1 aliphatic carbocycles. The Hall–Kier alpha value is -1.62. The van der Waals surface area contributed by atoms with Crippen LogP contribution in [0.1, 0.15) is 12.8 Å². The summed E-state index contributed by atoms with van der Waals surface area (Å²) in [6.07, 6.45) is 7.32. The summed E-state index contributed by atoms with van der Waals surface area (Å²) in [6.45, 7) is 0.492. The highest BCUT2D eigenvalue weighted by Crippen LogP contribution is 2.32. The Morgan fingerprint density at radius 3 is 3.11 bits per heavy atom. The van der Waals surface area contributed by atoms with Gasteiger partial charge in [-0.3, -0.25) is 4.79 Å². The van der Waals surface area contributed by atoms with E-state index in [1.54, 1.807) is 6.21 Å². The number of carboxylic acid groups (broad SMARTS) is 1. The van der Waals surface area contributed by atoms with E-state index in [-0.39, 0.29) is 24.2 Å². The summed E-state index contributed by atoms with van der Waals surface area (Å²) in [4.78, 5) is 11.0. The van der Waals surface area contributed by atoms with Crippen molar-refractivity contribution in [3.8, 4) is 0 Å². The minimum Gasteiger partial charge on any atom is -0.481 e. The number of halogens is 1. The van der Waals surface area contributed by atoms with Crippen LogP contribution in [0.4, 0.5) is 0 Å². The third-order valence-electron chi connectivity index (χ3n) is 3.48. The zero-order chi connectivity index (χ0) is 11.8. The zero-order valence-corrected chi connectivity index (χ0v) is 10.5. The fourth-order valence-electron chi connectivity index (χ4n) is 2.58. The fraction of sp³-hybridized carbons (Fsp3) is 0.417. The minimum atomic E-state index is -0.719. The van der Waals surface area contributed by atoms with Crippen molar-refractivity contribution in [1.29, 1.82) is 0 Å². The molecular formula is C12H14ClN3O2. The Balaban J connectivity index is 0.00000120. The number of fused-ring (bicyclic) bond motifs is 2. The van der Waals surface area contributed by atoms with E-state index in [1.807, 2.05) is 6.08 Å². The third kappa shape index (κ3) is 2.06. The predicted molar refractivity (Wildman–Crippen MR) is 71.2 cm³/mol. The van der Waals surface area contributed by atoms with Crippen molar-refractivity contribution in [3.63, 3.8) is 0 Å². The molecule has 18 heavy (non-hydrogen) atoms. The first kappa shape index (κ1) is 12.8. The molecule has 2 aliphatic heterocycles. The summed E-state index contributed by atoms with van der Waals surface area (Å²) in [5.74, 6) is -0.772. The number of nitrogens with zero attached hydrogens (tertiary/aromatic N) is 2. The fourth-order valence-corrected chi connectivity index (χ4v) is 2.58. The molecule has 2 unspecified atom stereocenters. The molecule has 0 bridgehead atoms. The number of carbonyl (C=O) groups is 1. The number of piperidine rings is 1. The van der Waals surface area contributed by atoms with Gasteiger partial charge in [0.1, 0.15) is 0 Å². The molecule has 1 fully saturated rings. The molecule has 3 rings (SSSR count). The highest BCUT2D eigenvalue weighted by atomic mass is 35.5. The predicted octanol–water partition coefficient (Wildman–Crippen LogP) is 1.37. The maximum Gasteiger partial charge on any atom is 0.308 e. The first-order valence-electron chi connectivity index (χ1n) is 5.74. The number of aliphatic carboxylic acids is 1. The van der Waals surface area contributed by atoms with Gasteiger partial charge in [-0.15, -0.1) is 12.4 Å². The average Bonchev–Trinajstić information content (AvgIpc) is 2.71. The lowest BCUT2D eigenvalue weighted by atomic mass is 9.84. The van der Waals surface area contributed by atoms with Crippen LogP contribution in [0.5, 0.6) is 0 Å². The van der Waals surface area contributed by atoms with Crippen LogP contribution < -0.4 is 5.32 Å². The van der Waals surface area contributed by atoms with Crippen LogP contribution >= 0.6 is 12.4 Å². The zero-order valence-electron chi connectivity index (χ0n) is 9.67. The summed E-state index contributed by atoms with van der Waals surface area (Å²) in [5, 5.41) is 20.3. The van der Waals surface area contributed by atoms with E-state index in [0.717, 1.165) is 23.4 Å². The van der Waals surface area contributed by atoms with Crippen molar-refractivity contribution in [3.05, 3.63) is 23.4 Å². The van der Waals surface area contributed by atoms with Gasteiger partial charge < -0.3 is 10.4 Å². The van der Waals surface area contributed by atoms with Crippen molar-refractivity contribution in [1.82, 2.24) is 5.32 Å². The van der Waals surface area contributed by atoms with Gasteiger partial charge in [-0.25, -0.2) is 0 Å². The summed E-state index contributed by atoms with van der Waals surface area (Å²) in [7, 11) is 0. The van der Waals surface area contributed by atoms with E-state index >= 15 is 0 Å². The highest BCUT2D eigenvalue weighted by molar-refractivity contribution is 6.24. The van der Waals surface area contributed by atoms with Gasteiger partial charge in [-0.2, -0.15) is 10.2 Å². The maximum absolute atomic E-state index is 11.0. The van der Waals surface area contributed by atoms with Crippen molar-refractivity contribution in [2.24, 2.45) is 22.0 Å². The van der Waals surface area contributed by atoms with Crippen LogP contribution in [0.3, 0.4) is 0 Å². The monoisotopic (exact) mass is 267 g/mol. The Morgan fingerprint density at radius 1 is 1.50 bits per heavy atom. The SMILES string of the molecule is Cl.O=C(O)C1CNC2=C3C=NN=C3C=CCC2C1. The summed E-state index contributed by atoms with van der Waals surface area (Å²) < 4.78 is 0. The molecule has 2 atom stereocenters. The molecular weight excluding hydrogens is 254 g/mol. The maximum atomic E-state index is 11.0. The molecule has 1 saturated heterocycles. The second-order valence-electron chi connectivity index (χ2n) is 4.54.